The van der Waals surface area contributed by atoms with Crippen LogP contribution in [0.5, 0.6) is 0 Å². The van der Waals surface area contributed by atoms with E-state index < -0.39 is 0 Å². The van der Waals surface area contributed by atoms with E-state index in [2.05, 4.69) is 31.1 Å². The monoisotopic (exact) mass is 208 g/mol. The summed E-state index contributed by atoms with van der Waals surface area (Å²) in [5, 5.41) is 6.90. The third-order valence-corrected chi connectivity index (χ3v) is 3.61. The van der Waals surface area contributed by atoms with E-state index in [0.29, 0.717) is 5.41 Å². The second-order valence-corrected chi connectivity index (χ2v) is 4.54. The zero-order chi connectivity index (χ0) is 11.3. The Morgan fingerprint density at radius 1 is 1.27 bits per heavy atom. The molecule has 2 N–H and O–H groups in total. The van der Waals surface area contributed by atoms with Crippen LogP contribution >= 0.6 is 0 Å². The molecule has 0 aromatic carbocycles. The maximum atomic E-state index is 3.48. The molecule has 2 aliphatic heterocycles. The molecule has 2 heterocycles. The first-order chi connectivity index (χ1) is 7.16. The Morgan fingerprint density at radius 3 is 2.20 bits per heavy atom. The molecule has 15 heavy (non-hydrogen) atoms. The van der Waals surface area contributed by atoms with E-state index in [4.69, 9.17) is 0 Å². The summed E-state index contributed by atoms with van der Waals surface area (Å²) in [6.07, 6.45) is 4.37. The highest BCUT2D eigenvalue weighted by Gasteiger charge is 2.37. The van der Waals surface area contributed by atoms with Gasteiger partial charge in [-0.2, -0.15) is 0 Å². The molecule has 2 heteroatoms. The third kappa shape index (κ3) is 2.63. The van der Waals surface area contributed by atoms with Gasteiger partial charge in [-0.05, 0) is 52.3 Å². The average Bonchev–Trinajstić information content (AvgIpc) is 2.50. The molecule has 0 radical (unpaired) electrons. The summed E-state index contributed by atoms with van der Waals surface area (Å²) < 4.78 is 0. The lowest BCUT2D eigenvalue weighted by Crippen LogP contribution is -2.39. The Morgan fingerprint density at radius 2 is 1.80 bits per heavy atom. The van der Waals surface area contributed by atoms with E-state index in [-0.39, 0.29) is 0 Å². The van der Waals surface area contributed by atoms with E-state index >= 15 is 0 Å². The smallest absolute Gasteiger partial charge is 0.0239 e. The van der Waals surface area contributed by atoms with Crippen LogP contribution < -0.4 is 10.6 Å². The fourth-order valence-corrected chi connectivity index (χ4v) is 2.42. The van der Waals surface area contributed by atoms with Crippen LogP contribution in [0, 0.1) is 5.41 Å². The van der Waals surface area contributed by atoms with Crippen molar-refractivity contribution in [2.45, 2.75) is 33.6 Å². The van der Waals surface area contributed by atoms with Crippen LogP contribution in [-0.2, 0) is 0 Å². The van der Waals surface area contributed by atoms with Crippen molar-refractivity contribution in [1.29, 1.82) is 0 Å². The zero-order valence-electron chi connectivity index (χ0n) is 10.3. The van der Waals surface area contributed by atoms with Crippen molar-refractivity contribution in [3.05, 3.63) is 23.9 Å². The minimum absolute atomic E-state index is 0.509. The first kappa shape index (κ1) is 12.3. The average molecular weight is 208 g/mol. The predicted molar refractivity (Wildman–Crippen MR) is 66.8 cm³/mol. The van der Waals surface area contributed by atoms with Crippen molar-refractivity contribution in [1.82, 2.24) is 10.6 Å². The third-order valence-electron chi connectivity index (χ3n) is 3.61. The van der Waals surface area contributed by atoms with Gasteiger partial charge in [-0.3, -0.25) is 0 Å². The van der Waals surface area contributed by atoms with E-state index in [1.54, 1.807) is 11.6 Å². The lowest BCUT2D eigenvalue weighted by molar-refractivity contribution is 0.268. The van der Waals surface area contributed by atoms with Gasteiger partial charge < -0.3 is 10.6 Å². The SMILES string of the molecule is C=CC.CC1=C(C)C2(CCNCC2)CN1. The largest absolute Gasteiger partial charge is 0.388 e. The quantitative estimate of drug-likeness (QED) is 0.598. The highest BCUT2D eigenvalue weighted by atomic mass is 15.0. The molecule has 2 rings (SSSR count). The Kier molecular flexibility index (Phi) is 4.40. The molecule has 0 unspecified atom stereocenters. The molecular weight excluding hydrogens is 184 g/mol. The lowest BCUT2D eigenvalue weighted by atomic mass is 9.75. The highest BCUT2D eigenvalue weighted by Crippen LogP contribution is 2.40. The van der Waals surface area contributed by atoms with Gasteiger partial charge in [0.15, 0.2) is 0 Å². The number of allylic oxidation sites excluding steroid dienone is 2. The molecule has 0 aliphatic carbocycles. The molecule has 0 aromatic heterocycles. The minimum Gasteiger partial charge on any atom is -0.388 e. The number of rotatable bonds is 0. The van der Waals surface area contributed by atoms with Crippen molar-refractivity contribution < 1.29 is 0 Å². The molecule has 2 aliphatic rings. The van der Waals surface area contributed by atoms with Crippen LogP contribution in [0.3, 0.4) is 0 Å². The first-order valence-electron chi connectivity index (χ1n) is 5.86. The van der Waals surface area contributed by atoms with Crippen molar-refractivity contribution in [3.63, 3.8) is 0 Å². The maximum absolute atomic E-state index is 3.48. The van der Waals surface area contributed by atoms with Gasteiger partial charge in [0.05, 0.1) is 0 Å². The summed E-state index contributed by atoms with van der Waals surface area (Å²) in [6, 6.07) is 0. The summed E-state index contributed by atoms with van der Waals surface area (Å²) in [4.78, 5) is 0. The molecule has 0 saturated carbocycles. The fraction of sp³-hybridized carbons (Fsp3) is 0.692. The van der Waals surface area contributed by atoms with Crippen LogP contribution in [0.25, 0.3) is 0 Å². The first-order valence-corrected chi connectivity index (χ1v) is 5.86. The van der Waals surface area contributed by atoms with Gasteiger partial charge >= 0.3 is 0 Å². The van der Waals surface area contributed by atoms with E-state index in [1.165, 1.54) is 38.2 Å². The summed E-state index contributed by atoms with van der Waals surface area (Å²) >= 11 is 0. The molecule has 0 bridgehead atoms. The van der Waals surface area contributed by atoms with Gasteiger partial charge in [0.25, 0.3) is 0 Å². The molecule has 0 aromatic rings. The second kappa shape index (κ2) is 5.36. The van der Waals surface area contributed by atoms with Crippen molar-refractivity contribution in [3.8, 4) is 0 Å². The highest BCUT2D eigenvalue weighted by molar-refractivity contribution is 5.25. The topological polar surface area (TPSA) is 24.1 Å². The molecule has 1 saturated heterocycles. The van der Waals surface area contributed by atoms with Gasteiger partial charge in [0, 0.05) is 17.7 Å². The Balaban J connectivity index is 0.000000337. The Hall–Kier alpha value is -0.760. The van der Waals surface area contributed by atoms with Gasteiger partial charge in [-0.1, -0.05) is 6.08 Å². The number of piperidine rings is 1. The second-order valence-electron chi connectivity index (χ2n) is 4.54. The van der Waals surface area contributed by atoms with Crippen LogP contribution in [0.2, 0.25) is 0 Å². The number of nitrogens with one attached hydrogen (secondary N) is 2. The molecule has 2 nitrogen and oxygen atoms in total. The molecule has 1 fully saturated rings. The maximum Gasteiger partial charge on any atom is 0.0239 e. The Bertz CT molecular complexity index is 247. The predicted octanol–water partition coefficient (Wildman–Crippen LogP) is 2.45. The zero-order valence-corrected chi connectivity index (χ0v) is 10.3. The van der Waals surface area contributed by atoms with E-state index in [0.717, 1.165) is 0 Å². The van der Waals surface area contributed by atoms with Gasteiger partial charge in [0.1, 0.15) is 0 Å². The molecule has 86 valence electrons. The van der Waals surface area contributed by atoms with E-state index in [9.17, 15) is 0 Å². The van der Waals surface area contributed by atoms with Crippen molar-refractivity contribution >= 4 is 0 Å². The van der Waals surface area contributed by atoms with Crippen LogP contribution in [-0.4, -0.2) is 19.6 Å². The van der Waals surface area contributed by atoms with Gasteiger partial charge in [-0.25, -0.2) is 0 Å². The summed E-state index contributed by atoms with van der Waals surface area (Å²) in [6.45, 7) is 13.3. The van der Waals surface area contributed by atoms with E-state index in [1.807, 2.05) is 6.92 Å². The summed E-state index contributed by atoms with van der Waals surface area (Å²) in [5.41, 5.74) is 3.52. The van der Waals surface area contributed by atoms with Gasteiger partial charge in [-0.15, -0.1) is 6.58 Å². The fourth-order valence-electron chi connectivity index (χ4n) is 2.42. The van der Waals surface area contributed by atoms with Crippen LogP contribution in [0.4, 0.5) is 0 Å². The van der Waals surface area contributed by atoms with Gasteiger partial charge in [0.2, 0.25) is 0 Å². The van der Waals surface area contributed by atoms with Crippen molar-refractivity contribution in [2.75, 3.05) is 19.6 Å². The number of hydrogen-bond acceptors (Lipinski definition) is 2. The summed E-state index contributed by atoms with van der Waals surface area (Å²) in [7, 11) is 0. The van der Waals surface area contributed by atoms with Crippen LogP contribution in [0.1, 0.15) is 33.6 Å². The summed E-state index contributed by atoms with van der Waals surface area (Å²) in [5.74, 6) is 0. The Labute approximate surface area is 93.8 Å². The number of hydrogen-bond donors (Lipinski definition) is 2. The molecule has 0 atom stereocenters. The van der Waals surface area contributed by atoms with Crippen molar-refractivity contribution in [2.24, 2.45) is 5.41 Å². The molecular formula is C13H24N2. The molecule has 1 spiro atoms. The lowest BCUT2D eigenvalue weighted by Gasteiger charge is -2.34. The normalized spacial score (nSPS) is 23.1. The van der Waals surface area contributed by atoms with Crippen LogP contribution in [0.15, 0.2) is 23.9 Å². The molecule has 0 amide bonds. The standard InChI is InChI=1S/C10H18N2.C3H6/c1-8-9(2)12-7-10(8)3-5-11-6-4-10;1-3-2/h11-12H,3-7H2,1-2H3;3H,1H2,2H3. The minimum atomic E-state index is 0.509.